The fraction of sp³-hybridized carbons (Fsp3) is 0.312. The van der Waals surface area contributed by atoms with Crippen LogP contribution in [0.5, 0.6) is 23.0 Å². The van der Waals surface area contributed by atoms with Crippen LogP contribution in [0.2, 0.25) is 0 Å². The van der Waals surface area contributed by atoms with E-state index in [2.05, 4.69) is 144 Å². The quantitative estimate of drug-likeness (QED) is 0.179. The summed E-state index contributed by atoms with van der Waals surface area (Å²) in [6, 6.07) is 37.5. The summed E-state index contributed by atoms with van der Waals surface area (Å²) in [6.07, 6.45) is 3.27. The van der Waals surface area contributed by atoms with Crippen LogP contribution in [0.1, 0.15) is 111 Å². The molecular weight excluding hydrogens is 921 g/mol. The second-order valence-electron chi connectivity index (χ2n) is 19.2. The first kappa shape index (κ1) is 50.1. The van der Waals surface area contributed by atoms with Gasteiger partial charge in [0.1, 0.15) is 49.4 Å². The number of ether oxygens (including phenoxy) is 6. The Morgan fingerprint density at radius 1 is 0.446 bits per heavy atom. The van der Waals surface area contributed by atoms with Gasteiger partial charge in [-0.3, -0.25) is 0 Å². The van der Waals surface area contributed by atoms with Gasteiger partial charge < -0.3 is 38.4 Å². The van der Waals surface area contributed by atoms with E-state index in [1.165, 1.54) is 33.4 Å². The molecule has 14 bridgehead atoms. The largest absolute Gasteiger partial charge is 0.491 e. The molecule has 0 radical (unpaired) electrons. The van der Waals surface area contributed by atoms with Gasteiger partial charge in [-0.1, -0.05) is 88.4 Å². The predicted octanol–water partition coefficient (Wildman–Crippen LogP) is 15.0. The summed E-state index contributed by atoms with van der Waals surface area (Å²) in [6.45, 7) is 21.3. The summed E-state index contributed by atoms with van der Waals surface area (Å²) in [5.41, 5.74) is 23.4. The molecule has 8 aliphatic heterocycles. The van der Waals surface area contributed by atoms with Crippen molar-refractivity contribution in [3.05, 3.63) is 165 Å². The maximum Gasteiger partial charge on any atom is 0.127 e. The topological polar surface area (TPSA) is 113 Å². The third-order valence-electron chi connectivity index (χ3n) is 14.8. The van der Waals surface area contributed by atoms with Crippen molar-refractivity contribution in [1.82, 2.24) is 19.9 Å². The van der Waals surface area contributed by atoms with E-state index in [9.17, 15) is 0 Å². The van der Waals surface area contributed by atoms with Gasteiger partial charge in [-0.25, -0.2) is 9.97 Å². The Hall–Kier alpha value is -7.40. The fourth-order valence-corrected chi connectivity index (χ4v) is 10.9. The number of benzene rings is 4. The third kappa shape index (κ3) is 10.0. The van der Waals surface area contributed by atoms with Gasteiger partial charge in [0.2, 0.25) is 0 Å². The number of nitrogens with one attached hydrogen (secondary N) is 2. The van der Waals surface area contributed by atoms with Crippen molar-refractivity contribution in [1.29, 1.82) is 0 Å². The summed E-state index contributed by atoms with van der Waals surface area (Å²) in [5.74, 6) is 3.09. The van der Waals surface area contributed by atoms with E-state index in [4.69, 9.17) is 38.4 Å². The van der Waals surface area contributed by atoms with Gasteiger partial charge in [0, 0.05) is 33.3 Å². The summed E-state index contributed by atoms with van der Waals surface area (Å²) < 4.78 is 37.3. The Labute approximate surface area is 435 Å². The lowest BCUT2D eigenvalue weighted by Gasteiger charge is -2.15. The van der Waals surface area contributed by atoms with Crippen molar-refractivity contribution < 1.29 is 28.4 Å². The number of nitrogens with zero attached hydrogens (tertiary/aromatic N) is 2. The lowest BCUT2D eigenvalue weighted by atomic mass is 9.93. The van der Waals surface area contributed by atoms with Gasteiger partial charge in [-0.2, -0.15) is 0 Å². The van der Waals surface area contributed by atoms with Gasteiger partial charge in [-0.05, 0) is 158 Å². The van der Waals surface area contributed by atoms with E-state index < -0.39 is 0 Å². The van der Waals surface area contributed by atoms with Crippen molar-refractivity contribution in [2.45, 2.75) is 94.3 Å². The van der Waals surface area contributed by atoms with E-state index >= 15 is 0 Å². The fourth-order valence-electron chi connectivity index (χ4n) is 10.9. The lowest BCUT2D eigenvalue weighted by Crippen LogP contribution is -2.13. The number of hydrogen-bond donors (Lipinski definition) is 2. The number of H-pyrrole nitrogens is 2. The Balaban J connectivity index is 1.23. The van der Waals surface area contributed by atoms with Gasteiger partial charge in [0.05, 0.1) is 60.2 Å². The molecule has 0 atom stereocenters. The van der Waals surface area contributed by atoms with Crippen LogP contribution in [0.3, 0.4) is 0 Å². The second-order valence-corrected chi connectivity index (χ2v) is 19.2. The van der Waals surface area contributed by atoms with E-state index in [0.29, 0.717) is 52.9 Å². The first-order valence-electron chi connectivity index (χ1n) is 26.4. The normalized spacial score (nSPS) is 14.8. The SMILES string of the molecule is CCC1=C(C)c2nc1cc1[nH]c(c(C)c1CC)c1c3[nH]c(cc4nc(c2-c2ccccc2OCc2ccc(cc2)OCCOCCOCCOc2ccc(cc2)COc2ccccc2-1)C(C)=C4CC)c(CC)c3C. The summed E-state index contributed by atoms with van der Waals surface area (Å²) in [5, 5.41) is 0. The number of allylic oxidation sites excluding steroid dienone is 4. The molecule has 10 heteroatoms. The highest BCUT2D eigenvalue weighted by Gasteiger charge is 2.28. The minimum atomic E-state index is 0.364. The van der Waals surface area contributed by atoms with Crippen LogP contribution in [0.15, 0.2) is 109 Å². The van der Waals surface area contributed by atoms with Crippen LogP contribution in [0.25, 0.3) is 66.6 Å². The third-order valence-corrected chi connectivity index (χ3v) is 14.8. The molecule has 11 heterocycles. The highest BCUT2D eigenvalue weighted by Crippen LogP contribution is 2.47. The van der Waals surface area contributed by atoms with E-state index in [1.807, 2.05) is 30.3 Å². The molecular formula is C64H68N4O6. The molecule has 8 aliphatic rings. The zero-order chi connectivity index (χ0) is 51.3. The monoisotopic (exact) mass is 989 g/mol. The average molecular weight is 989 g/mol. The van der Waals surface area contributed by atoms with Gasteiger partial charge >= 0.3 is 0 Å². The van der Waals surface area contributed by atoms with Crippen molar-refractivity contribution in [2.24, 2.45) is 0 Å². The highest BCUT2D eigenvalue weighted by molar-refractivity contribution is 6.04. The average Bonchev–Trinajstić information content (AvgIpc) is 4.11. The molecule has 0 fully saturated rings. The molecule has 0 saturated carbocycles. The number of aromatic amines is 2. The summed E-state index contributed by atoms with van der Waals surface area (Å²) in [4.78, 5) is 19.4. The Morgan fingerprint density at radius 2 is 0.851 bits per heavy atom. The summed E-state index contributed by atoms with van der Waals surface area (Å²) in [7, 11) is 0. The van der Waals surface area contributed by atoms with Gasteiger partial charge in [0.15, 0.2) is 0 Å². The molecule has 74 heavy (non-hydrogen) atoms. The first-order chi connectivity index (χ1) is 36.2. The van der Waals surface area contributed by atoms with Crippen LogP contribution in [-0.4, -0.2) is 59.6 Å². The second kappa shape index (κ2) is 22.4. The minimum Gasteiger partial charge on any atom is -0.491 e. The van der Waals surface area contributed by atoms with Crippen molar-refractivity contribution in [3.8, 4) is 45.3 Å². The molecule has 15 rings (SSSR count). The zero-order valence-electron chi connectivity index (χ0n) is 44.2. The molecule has 10 nitrogen and oxygen atoms in total. The van der Waals surface area contributed by atoms with Crippen LogP contribution in [-0.2, 0) is 35.5 Å². The molecule has 0 spiro atoms. The van der Waals surface area contributed by atoms with Crippen molar-refractivity contribution in [2.75, 3.05) is 39.6 Å². The molecule has 0 amide bonds. The predicted molar refractivity (Wildman–Crippen MR) is 300 cm³/mol. The number of rotatable bonds is 4. The highest BCUT2D eigenvalue weighted by atomic mass is 16.6. The lowest BCUT2D eigenvalue weighted by molar-refractivity contribution is 0.0273. The number of hydrogen-bond acceptors (Lipinski definition) is 8. The molecule has 4 aromatic carbocycles. The van der Waals surface area contributed by atoms with Gasteiger partial charge in [-0.15, -0.1) is 0 Å². The van der Waals surface area contributed by atoms with E-state index in [-0.39, 0.29) is 0 Å². The molecule has 0 aliphatic carbocycles. The van der Waals surface area contributed by atoms with Crippen molar-refractivity contribution >= 4 is 44.4 Å². The number of aromatic nitrogens is 4. The smallest absolute Gasteiger partial charge is 0.127 e. The molecule has 7 aromatic rings. The van der Waals surface area contributed by atoms with Crippen LogP contribution in [0, 0.1) is 13.8 Å². The number of para-hydroxylation sites is 2. The molecule has 0 saturated heterocycles. The summed E-state index contributed by atoms with van der Waals surface area (Å²) >= 11 is 0. The van der Waals surface area contributed by atoms with E-state index in [0.717, 1.165) is 138 Å². The molecule has 380 valence electrons. The van der Waals surface area contributed by atoms with E-state index in [1.54, 1.807) is 0 Å². The van der Waals surface area contributed by atoms with Crippen LogP contribution < -0.4 is 18.9 Å². The van der Waals surface area contributed by atoms with Crippen LogP contribution >= 0.6 is 0 Å². The molecule has 0 unspecified atom stereocenters. The maximum absolute atomic E-state index is 6.85. The van der Waals surface area contributed by atoms with Crippen LogP contribution in [0.4, 0.5) is 0 Å². The minimum absolute atomic E-state index is 0.364. The zero-order valence-corrected chi connectivity index (χ0v) is 44.2. The Bertz CT molecular complexity index is 3310. The van der Waals surface area contributed by atoms with Gasteiger partial charge in [0.25, 0.3) is 0 Å². The van der Waals surface area contributed by atoms with Crippen molar-refractivity contribution in [3.63, 3.8) is 0 Å². The Morgan fingerprint density at radius 3 is 1.27 bits per heavy atom. The standard InChI is InChI=1S/C64H68N4O6/c1-9-47-39(5)61-59-51-17-13-15-19-57(51)73-37-43-21-25-45(26-22-43)71-33-31-69-29-30-70-32-34-72-46-27-23-44(24-28-46)38-74-58-20-16-14-18-52(58)60(63-40(6)48(10-2)54(66-63)35-53(47)65-61)64-42(8)50(12-4)56(68-64)36-55-49(11-3)41(7)62(59)67-55/h13-28,35-36,65,67H,9-12,29-34,37-38H2,1-8H3. The number of aryl methyl sites for hydroxylation is 4. The Kier molecular flexibility index (Phi) is 15.2. The molecule has 2 N–H and O–H groups in total. The first-order valence-corrected chi connectivity index (χ1v) is 26.4. The maximum atomic E-state index is 6.85. The molecule has 3 aromatic heterocycles.